The van der Waals surface area contributed by atoms with E-state index in [9.17, 15) is 4.39 Å². The predicted octanol–water partition coefficient (Wildman–Crippen LogP) is 4.61. The number of halogens is 2. The fraction of sp³-hybridized carbons (Fsp3) is 0.250. The summed E-state index contributed by atoms with van der Waals surface area (Å²) >= 11 is 3.23. The van der Waals surface area contributed by atoms with Crippen LogP contribution in [-0.4, -0.2) is 11.4 Å². The summed E-state index contributed by atoms with van der Waals surface area (Å²) in [5.41, 5.74) is 2.41. The Morgan fingerprint density at radius 2 is 1.68 bits per heavy atom. The van der Waals surface area contributed by atoms with Gasteiger partial charge >= 0.3 is 0 Å². The summed E-state index contributed by atoms with van der Waals surface area (Å²) < 4.78 is 13.7. The highest BCUT2D eigenvalue weighted by Gasteiger charge is 2.06. The first-order valence-corrected chi connectivity index (χ1v) is 7.18. The molecular formula is C16H17BrFN. The first-order chi connectivity index (χ1) is 9.19. The maximum atomic E-state index is 13.2. The topological polar surface area (TPSA) is 3.24 Å². The van der Waals surface area contributed by atoms with Crippen molar-refractivity contribution >= 4 is 15.9 Å². The zero-order valence-corrected chi connectivity index (χ0v) is 12.5. The second-order valence-electron chi connectivity index (χ2n) is 4.54. The van der Waals surface area contributed by atoms with E-state index >= 15 is 0 Å². The molecule has 19 heavy (non-hydrogen) atoms. The molecule has 0 aliphatic heterocycles. The van der Waals surface area contributed by atoms with Crippen molar-refractivity contribution in [2.24, 2.45) is 0 Å². The highest BCUT2D eigenvalue weighted by atomic mass is 79.9. The van der Waals surface area contributed by atoms with Gasteiger partial charge in [0.25, 0.3) is 0 Å². The van der Waals surface area contributed by atoms with Gasteiger partial charge in [-0.2, -0.15) is 0 Å². The summed E-state index contributed by atoms with van der Waals surface area (Å²) in [4.78, 5) is 2.33. The smallest absolute Gasteiger partial charge is 0.137 e. The van der Waals surface area contributed by atoms with Crippen LogP contribution >= 0.6 is 15.9 Å². The molecule has 0 heterocycles. The predicted molar refractivity (Wildman–Crippen MR) is 80.3 cm³/mol. The Kier molecular flexibility index (Phi) is 5.11. The maximum absolute atomic E-state index is 13.2. The second kappa shape index (κ2) is 6.83. The van der Waals surface area contributed by atoms with E-state index in [2.05, 4.69) is 52.0 Å². The zero-order chi connectivity index (χ0) is 13.7. The van der Waals surface area contributed by atoms with Crippen molar-refractivity contribution in [1.82, 2.24) is 4.90 Å². The Labute approximate surface area is 122 Å². The SMILES string of the molecule is CCN(Cc1ccccc1)Cc1ccc(F)c(Br)c1. The van der Waals surface area contributed by atoms with Gasteiger partial charge in [0.1, 0.15) is 5.82 Å². The van der Waals surface area contributed by atoms with Gasteiger partial charge in [0.05, 0.1) is 4.47 Å². The van der Waals surface area contributed by atoms with Crippen molar-refractivity contribution in [3.8, 4) is 0 Å². The second-order valence-corrected chi connectivity index (χ2v) is 5.39. The average Bonchev–Trinajstić information content (AvgIpc) is 2.43. The van der Waals surface area contributed by atoms with E-state index in [1.54, 1.807) is 0 Å². The number of nitrogens with zero attached hydrogens (tertiary/aromatic N) is 1. The van der Waals surface area contributed by atoms with Crippen LogP contribution in [-0.2, 0) is 13.1 Å². The summed E-state index contributed by atoms with van der Waals surface area (Å²) in [6.45, 7) is 4.84. The van der Waals surface area contributed by atoms with Crippen molar-refractivity contribution in [1.29, 1.82) is 0 Å². The van der Waals surface area contributed by atoms with E-state index in [1.165, 1.54) is 11.6 Å². The molecule has 0 fully saturated rings. The Morgan fingerprint density at radius 1 is 1.00 bits per heavy atom. The molecule has 2 aromatic rings. The summed E-state index contributed by atoms with van der Waals surface area (Å²) in [5, 5.41) is 0. The highest BCUT2D eigenvalue weighted by molar-refractivity contribution is 9.10. The van der Waals surface area contributed by atoms with E-state index in [4.69, 9.17) is 0 Å². The molecular weight excluding hydrogens is 305 g/mol. The van der Waals surface area contributed by atoms with E-state index < -0.39 is 0 Å². The van der Waals surface area contributed by atoms with Crippen molar-refractivity contribution < 1.29 is 4.39 Å². The molecule has 0 radical (unpaired) electrons. The van der Waals surface area contributed by atoms with E-state index in [0.29, 0.717) is 4.47 Å². The van der Waals surface area contributed by atoms with Gasteiger partial charge in [0, 0.05) is 13.1 Å². The lowest BCUT2D eigenvalue weighted by Gasteiger charge is -2.20. The quantitative estimate of drug-likeness (QED) is 0.777. The monoisotopic (exact) mass is 321 g/mol. The molecule has 2 rings (SSSR count). The summed E-state index contributed by atoms with van der Waals surface area (Å²) in [5.74, 6) is -0.213. The van der Waals surface area contributed by atoms with E-state index in [1.807, 2.05) is 18.2 Å². The average molecular weight is 322 g/mol. The van der Waals surface area contributed by atoms with Crippen molar-refractivity contribution in [2.75, 3.05) is 6.54 Å². The van der Waals surface area contributed by atoms with E-state index in [-0.39, 0.29) is 5.82 Å². The first-order valence-electron chi connectivity index (χ1n) is 6.39. The number of rotatable bonds is 5. The fourth-order valence-electron chi connectivity index (χ4n) is 2.02. The Balaban J connectivity index is 2.04. The Morgan fingerprint density at radius 3 is 2.32 bits per heavy atom. The first kappa shape index (κ1) is 14.2. The minimum Gasteiger partial charge on any atom is -0.295 e. The van der Waals surface area contributed by atoms with Gasteiger partial charge < -0.3 is 0 Å². The molecule has 0 saturated heterocycles. The molecule has 0 aliphatic carbocycles. The Bertz CT molecular complexity index is 528. The molecule has 3 heteroatoms. The molecule has 1 nitrogen and oxygen atoms in total. The van der Waals surface area contributed by atoms with Crippen LogP contribution in [0.15, 0.2) is 53.0 Å². The fourth-order valence-corrected chi connectivity index (χ4v) is 2.44. The molecule has 0 unspecified atom stereocenters. The van der Waals surface area contributed by atoms with Crippen molar-refractivity contribution in [3.63, 3.8) is 0 Å². The van der Waals surface area contributed by atoms with Crippen LogP contribution in [0.25, 0.3) is 0 Å². The van der Waals surface area contributed by atoms with Crippen LogP contribution < -0.4 is 0 Å². The third kappa shape index (κ3) is 4.15. The lowest BCUT2D eigenvalue weighted by molar-refractivity contribution is 0.271. The molecule has 0 saturated carbocycles. The van der Waals surface area contributed by atoms with Crippen molar-refractivity contribution in [2.45, 2.75) is 20.0 Å². The summed E-state index contributed by atoms with van der Waals surface area (Å²) in [7, 11) is 0. The number of benzene rings is 2. The molecule has 0 aromatic heterocycles. The van der Waals surface area contributed by atoms with Crippen LogP contribution in [0, 0.1) is 5.82 Å². The van der Waals surface area contributed by atoms with Gasteiger partial charge in [0.2, 0.25) is 0 Å². The third-order valence-corrected chi connectivity index (χ3v) is 3.69. The lowest BCUT2D eigenvalue weighted by Crippen LogP contribution is -2.22. The third-order valence-electron chi connectivity index (χ3n) is 3.09. The number of hydrogen-bond donors (Lipinski definition) is 0. The lowest BCUT2D eigenvalue weighted by atomic mass is 10.1. The molecule has 0 amide bonds. The largest absolute Gasteiger partial charge is 0.295 e. The minimum atomic E-state index is -0.213. The van der Waals surface area contributed by atoms with Crippen LogP contribution in [0.2, 0.25) is 0 Å². The molecule has 0 bridgehead atoms. The van der Waals surface area contributed by atoms with Crippen LogP contribution in [0.4, 0.5) is 4.39 Å². The van der Waals surface area contributed by atoms with Gasteiger partial charge in [-0.1, -0.05) is 43.3 Å². The Hall–Kier alpha value is -1.19. The van der Waals surface area contributed by atoms with Gasteiger partial charge in [-0.25, -0.2) is 4.39 Å². The summed E-state index contributed by atoms with van der Waals surface area (Å²) in [6.07, 6.45) is 0. The molecule has 0 atom stereocenters. The highest BCUT2D eigenvalue weighted by Crippen LogP contribution is 2.18. The van der Waals surface area contributed by atoms with Gasteiger partial charge in [-0.05, 0) is 45.7 Å². The maximum Gasteiger partial charge on any atom is 0.137 e. The van der Waals surface area contributed by atoms with Crippen molar-refractivity contribution in [3.05, 3.63) is 69.9 Å². The van der Waals surface area contributed by atoms with Crippen LogP contribution in [0.1, 0.15) is 18.1 Å². The molecule has 0 aliphatic rings. The molecule has 2 aromatic carbocycles. The summed E-state index contributed by atoms with van der Waals surface area (Å²) in [6, 6.07) is 15.6. The number of hydrogen-bond acceptors (Lipinski definition) is 1. The van der Waals surface area contributed by atoms with Crippen LogP contribution in [0.3, 0.4) is 0 Å². The standard InChI is InChI=1S/C16H17BrFN/c1-2-19(11-13-6-4-3-5-7-13)12-14-8-9-16(18)15(17)10-14/h3-10H,2,11-12H2,1H3. The van der Waals surface area contributed by atoms with E-state index in [0.717, 1.165) is 25.2 Å². The zero-order valence-electron chi connectivity index (χ0n) is 10.9. The molecule has 100 valence electrons. The molecule has 0 spiro atoms. The minimum absolute atomic E-state index is 0.213. The van der Waals surface area contributed by atoms with Gasteiger partial charge in [-0.15, -0.1) is 0 Å². The van der Waals surface area contributed by atoms with Crippen LogP contribution in [0.5, 0.6) is 0 Å². The molecule has 0 N–H and O–H groups in total. The normalized spacial score (nSPS) is 10.9. The van der Waals surface area contributed by atoms with Gasteiger partial charge in [-0.3, -0.25) is 4.90 Å². The van der Waals surface area contributed by atoms with Gasteiger partial charge in [0.15, 0.2) is 0 Å².